The van der Waals surface area contributed by atoms with Crippen LogP contribution in [0.2, 0.25) is 0 Å². The van der Waals surface area contributed by atoms with Crippen LogP contribution in [0.25, 0.3) is 0 Å². The number of aliphatic hydroxyl groups is 5. The van der Waals surface area contributed by atoms with Crippen molar-refractivity contribution in [3.05, 3.63) is 96.1 Å². The van der Waals surface area contributed by atoms with E-state index in [1.165, 1.54) is 12.2 Å². The molecule has 19 atom stereocenters. The normalized spacial score (nSPS) is 52.8. The average Bonchev–Trinajstić information content (AvgIpc) is 3.79. The lowest BCUT2D eigenvalue weighted by Crippen LogP contribution is -2.89. The minimum Gasteiger partial charge on any atom is -0.456 e. The molecule has 12 rings (SSSR count). The van der Waals surface area contributed by atoms with Gasteiger partial charge in [-0.05, 0) is 68.6 Å². The lowest BCUT2D eigenvalue weighted by molar-refractivity contribution is -0.595. The number of esters is 2. The maximum Gasteiger partial charge on any atom is 0.338 e. The van der Waals surface area contributed by atoms with E-state index < -0.39 is 113 Å². The van der Waals surface area contributed by atoms with Crippen LogP contribution in [0.4, 0.5) is 0 Å². The third-order valence-corrected chi connectivity index (χ3v) is 16.2. The van der Waals surface area contributed by atoms with Crippen LogP contribution in [-0.4, -0.2) is 109 Å². The first-order valence-electron chi connectivity index (χ1n) is 21.2. The van der Waals surface area contributed by atoms with E-state index >= 15 is 0 Å². The van der Waals surface area contributed by atoms with Crippen molar-refractivity contribution in [2.75, 3.05) is 6.61 Å². The topological polar surface area (TPSA) is 194 Å². The Morgan fingerprint density at radius 3 is 2.29 bits per heavy atom. The number of fused-ring (bicyclic) bond motifs is 6. The Morgan fingerprint density at radius 2 is 1.58 bits per heavy atom. The first-order valence-corrected chi connectivity index (χ1v) is 21.2. The number of hydrogen-bond acceptors (Lipinski definition) is 13. The molecule has 2 aromatic rings. The summed E-state index contributed by atoms with van der Waals surface area (Å²) in [5.74, 6) is -6.79. The van der Waals surface area contributed by atoms with Crippen molar-refractivity contribution in [2.24, 2.45) is 41.4 Å². The second kappa shape index (κ2) is 13.3. The summed E-state index contributed by atoms with van der Waals surface area (Å²) in [6.45, 7) is 6.66. The second-order valence-corrected chi connectivity index (χ2v) is 19.0. The van der Waals surface area contributed by atoms with Crippen molar-refractivity contribution in [1.82, 2.24) is 0 Å². The van der Waals surface area contributed by atoms with Gasteiger partial charge in [0.25, 0.3) is 0 Å². The molecule has 8 fully saturated rings. The third kappa shape index (κ3) is 5.17. The fourth-order valence-electron chi connectivity index (χ4n) is 13.3. The molecule has 4 saturated carbocycles. The zero-order chi connectivity index (χ0) is 41.5. The molecule has 13 nitrogen and oxygen atoms in total. The van der Waals surface area contributed by atoms with E-state index in [4.69, 9.17) is 28.4 Å². The van der Waals surface area contributed by atoms with E-state index in [9.17, 15) is 35.1 Å². The Kier molecular flexibility index (Phi) is 8.90. The Balaban J connectivity index is 1.14. The Bertz CT molecular complexity index is 2060. The summed E-state index contributed by atoms with van der Waals surface area (Å²) >= 11 is 0. The molecule has 6 aliphatic heterocycles. The quantitative estimate of drug-likeness (QED) is 0.223. The van der Waals surface area contributed by atoms with E-state index in [0.717, 1.165) is 0 Å². The van der Waals surface area contributed by atoms with Gasteiger partial charge in [-0.15, -0.1) is 0 Å². The second-order valence-electron chi connectivity index (χ2n) is 19.0. The molecule has 59 heavy (non-hydrogen) atoms. The van der Waals surface area contributed by atoms with Gasteiger partial charge in [-0.2, -0.15) is 0 Å². The van der Waals surface area contributed by atoms with Gasteiger partial charge in [0.2, 0.25) is 0 Å². The van der Waals surface area contributed by atoms with Gasteiger partial charge in [0.05, 0.1) is 23.4 Å². The Hall–Kier alpha value is -3.50. The summed E-state index contributed by atoms with van der Waals surface area (Å²) in [4.78, 5) is 27.2. The predicted octanol–water partition coefficient (Wildman–Crippen LogP) is 3.31. The lowest BCUT2D eigenvalue weighted by atomic mass is 9.49. The van der Waals surface area contributed by atoms with Gasteiger partial charge in [-0.3, -0.25) is 0 Å². The first kappa shape index (κ1) is 39.6. The summed E-state index contributed by atoms with van der Waals surface area (Å²) < 4.78 is 39.7. The molecule has 13 heteroatoms. The summed E-state index contributed by atoms with van der Waals surface area (Å²) in [6, 6.07) is 17.7. The van der Waals surface area contributed by atoms with Crippen molar-refractivity contribution in [3.63, 3.8) is 0 Å². The average molecular weight is 815 g/mol. The highest BCUT2D eigenvalue weighted by Crippen LogP contribution is 2.75. The van der Waals surface area contributed by atoms with Crippen LogP contribution < -0.4 is 0 Å². The maximum absolute atomic E-state index is 13.7. The molecule has 11 bridgehead atoms. The smallest absolute Gasteiger partial charge is 0.338 e. The number of rotatable bonds is 4. The maximum atomic E-state index is 13.7. The largest absolute Gasteiger partial charge is 0.456 e. The third-order valence-electron chi connectivity index (χ3n) is 16.2. The predicted molar refractivity (Wildman–Crippen MR) is 207 cm³/mol. The van der Waals surface area contributed by atoms with Crippen molar-refractivity contribution >= 4 is 11.9 Å². The molecule has 2 aromatic carbocycles. The molecular weight excluding hydrogens is 760 g/mol. The molecule has 10 aliphatic rings. The molecule has 316 valence electrons. The summed E-state index contributed by atoms with van der Waals surface area (Å²) in [5, 5.41) is 63.4. The van der Waals surface area contributed by atoms with E-state index in [2.05, 4.69) is 6.92 Å². The highest BCUT2D eigenvalue weighted by Gasteiger charge is 2.91. The number of aliphatic hydroxyl groups excluding tert-OH is 2. The van der Waals surface area contributed by atoms with E-state index in [1.807, 2.05) is 38.1 Å². The van der Waals surface area contributed by atoms with Crippen LogP contribution in [0.5, 0.6) is 0 Å². The summed E-state index contributed by atoms with van der Waals surface area (Å²) in [6.07, 6.45) is 0.608. The minimum absolute atomic E-state index is 0.102. The van der Waals surface area contributed by atoms with Crippen LogP contribution >= 0.6 is 0 Å². The number of benzene rings is 2. The van der Waals surface area contributed by atoms with Gasteiger partial charge in [0, 0.05) is 35.3 Å². The first-order chi connectivity index (χ1) is 28.1. The molecule has 4 aliphatic carbocycles. The van der Waals surface area contributed by atoms with Crippen molar-refractivity contribution < 1.29 is 63.5 Å². The highest BCUT2D eigenvalue weighted by atomic mass is 16.9. The van der Waals surface area contributed by atoms with Crippen LogP contribution in [0.3, 0.4) is 0 Å². The zero-order valence-corrected chi connectivity index (χ0v) is 33.6. The summed E-state index contributed by atoms with van der Waals surface area (Å²) in [7, 11) is 0. The fraction of sp³-hybridized carbons (Fsp3) is 0.609. The van der Waals surface area contributed by atoms with Gasteiger partial charge >= 0.3 is 17.9 Å². The standard InChI is InChI=1S/C46H54O13/c1-24-21-32-43(52)35(24)55-33(48)18-12-11-17-31(54-39(49)27-13-7-5-8-14-27)30-20-19-28(25(30)2)22-41(4,51)45(53)36-26(3)44(32)34(37-42(23-47,56-37)40(43)50)38(45)58-46(57-36,59-44)29-15-9-6-10-16-29/h5-18,24-26,28,30-32,34-38,40,47,50-53H,19-23H2,1-4H3/b17-11+,18-12+/t24-,25-,26+,28+,30+,31-,32+,34-,35-,36-,37-,38+,40+,41+,42-,43+,44-,45-,46?/m0/s1. The molecule has 5 N–H and O–H groups in total. The van der Waals surface area contributed by atoms with Crippen LogP contribution in [0.15, 0.2) is 85.0 Å². The highest BCUT2D eigenvalue weighted by molar-refractivity contribution is 5.89. The van der Waals surface area contributed by atoms with Crippen LogP contribution in [0, 0.1) is 41.4 Å². The molecule has 1 spiro atoms. The fourth-order valence-corrected chi connectivity index (χ4v) is 13.3. The van der Waals surface area contributed by atoms with E-state index in [0.29, 0.717) is 24.0 Å². The van der Waals surface area contributed by atoms with Gasteiger partial charge in [-0.25, -0.2) is 9.59 Å². The Labute approximate surface area is 342 Å². The van der Waals surface area contributed by atoms with E-state index in [1.54, 1.807) is 55.5 Å². The van der Waals surface area contributed by atoms with Gasteiger partial charge < -0.3 is 54.0 Å². The number of carbonyl (C=O) groups is 2. The lowest BCUT2D eigenvalue weighted by Gasteiger charge is -2.74. The number of epoxide rings is 1. The number of carbonyl (C=O) groups excluding carboxylic acids is 2. The zero-order valence-electron chi connectivity index (χ0n) is 33.6. The number of hydrogen-bond donors (Lipinski definition) is 5. The molecule has 6 heterocycles. The molecule has 0 radical (unpaired) electrons. The molecular formula is C46H54O13. The minimum atomic E-state index is -2.22. The van der Waals surface area contributed by atoms with E-state index in [-0.39, 0.29) is 30.6 Å². The van der Waals surface area contributed by atoms with Crippen molar-refractivity contribution in [1.29, 1.82) is 0 Å². The number of ether oxygens (including phenoxy) is 6. The van der Waals surface area contributed by atoms with Gasteiger partial charge in [0.1, 0.15) is 53.4 Å². The van der Waals surface area contributed by atoms with Crippen molar-refractivity contribution in [3.8, 4) is 0 Å². The monoisotopic (exact) mass is 814 g/mol. The molecule has 0 amide bonds. The van der Waals surface area contributed by atoms with Crippen LogP contribution in [-0.2, 0) is 39.2 Å². The van der Waals surface area contributed by atoms with Crippen molar-refractivity contribution in [2.45, 2.75) is 124 Å². The van der Waals surface area contributed by atoms with Gasteiger partial charge in [-0.1, -0.05) is 81.5 Å². The Morgan fingerprint density at radius 1 is 0.881 bits per heavy atom. The molecule has 1 unspecified atom stereocenters. The SMILES string of the molecule is C[C@H]1[C@@H]2CC[C@H]1[C@@H](OC(=O)c1ccccc1)/C=C/C=C/C(=O)O[C@H]1[C@@H](C)C[C@@H]3[C@]1(O)[C@H](O)[C@@]1(CO)O[C@H]1[C@H]1[C@H]4OC5(c6ccccc6)O[C@@H]([C@@H](C)[C@@]13O5)[C@@]4(O)[C@](C)(O)C2. The van der Waals surface area contributed by atoms with Gasteiger partial charge in [0.15, 0.2) is 0 Å². The molecule has 4 saturated heterocycles. The van der Waals surface area contributed by atoms with Crippen LogP contribution in [0.1, 0.15) is 69.3 Å². The summed E-state index contributed by atoms with van der Waals surface area (Å²) in [5.41, 5.74) is -8.50. The number of allylic oxidation sites excluding steroid dienone is 2. The molecule has 0 aromatic heterocycles.